The monoisotopic (exact) mass is 286 g/mol. The minimum absolute atomic E-state index is 0.396. The van der Waals surface area contributed by atoms with Crippen LogP contribution in [0.1, 0.15) is 16.5 Å². The molecule has 5 heteroatoms. The first-order chi connectivity index (χ1) is 9.04. The summed E-state index contributed by atoms with van der Waals surface area (Å²) in [5.41, 5.74) is 0.0173. The van der Waals surface area contributed by atoms with Crippen LogP contribution in [0, 0.1) is 17.5 Å². The molecule has 0 radical (unpaired) electrons. The molecule has 0 N–H and O–H groups in total. The van der Waals surface area contributed by atoms with E-state index in [0.717, 1.165) is 0 Å². The number of hydrogen-bond acceptors (Lipinski definition) is 1. The quantitative estimate of drug-likeness (QED) is 0.758. The highest BCUT2D eigenvalue weighted by Crippen LogP contribution is 2.37. The summed E-state index contributed by atoms with van der Waals surface area (Å²) in [4.78, 5) is 0. The second-order valence-corrected chi connectivity index (χ2v) is 4.32. The van der Waals surface area contributed by atoms with E-state index < -0.39 is 28.4 Å². The molecule has 0 bridgehead atoms. The van der Waals surface area contributed by atoms with Crippen LogP contribution in [-0.2, 0) is 0 Å². The van der Waals surface area contributed by atoms with Gasteiger partial charge in [-0.3, -0.25) is 0 Å². The summed E-state index contributed by atoms with van der Waals surface area (Å²) in [6.45, 7) is 0. The van der Waals surface area contributed by atoms with Gasteiger partial charge in [-0.25, -0.2) is 13.2 Å². The largest absolute Gasteiger partial charge is 0.496 e. The predicted molar refractivity (Wildman–Crippen MR) is 67.0 cm³/mol. The Morgan fingerprint density at radius 3 is 2.21 bits per heavy atom. The summed E-state index contributed by atoms with van der Waals surface area (Å²) in [7, 11) is 1.43. The van der Waals surface area contributed by atoms with E-state index in [0.29, 0.717) is 23.4 Å². The molecule has 2 aromatic carbocycles. The van der Waals surface area contributed by atoms with E-state index in [9.17, 15) is 13.2 Å². The first-order valence-electron chi connectivity index (χ1n) is 5.46. The SMILES string of the molecule is COc1ccccc1C(Cl)c1c(F)cc(F)cc1F. The van der Waals surface area contributed by atoms with Crippen molar-refractivity contribution in [3.8, 4) is 5.75 Å². The second-order valence-electron chi connectivity index (χ2n) is 3.89. The molecule has 0 aliphatic carbocycles. The van der Waals surface area contributed by atoms with Gasteiger partial charge in [0.25, 0.3) is 0 Å². The summed E-state index contributed by atoms with van der Waals surface area (Å²) in [6.07, 6.45) is 0. The van der Waals surface area contributed by atoms with E-state index in [-0.39, 0.29) is 0 Å². The lowest BCUT2D eigenvalue weighted by molar-refractivity contribution is 0.409. The van der Waals surface area contributed by atoms with E-state index >= 15 is 0 Å². The topological polar surface area (TPSA) is 9.23 Å². The van der Waals surface area contributed by atoms with Crippen molar-refractivity contribution >= 4 is 11.6 Å². The molecular weight excluding hydrogens is 277 g/mol. The summed E-state index contributed by atoms with van der Waals surface area (Å²) < 4.78 is 45.3. The summed E-state index contributed by atoms with van der Waals surface area (Å²) >= 11 is 6.10. The molecule has 2 rings (SSSR count). The molecule has 0 saturated heterocycles. The normalized spacial score (nSPS) is 12.3. The Hall–Kier alpha value is -1.68. The molecule has 0 amide bonds. The molecule has 100 valence electrons. The lowest BCUT2D eigenvalue weighted by Crippen LogP contribution is -2.03. The lowest BCUT2D eigenvalue weighted by Gasteiger charge is -2.15. The van der Waals surface area contributed by atoms with Gasteiger partial charge in [-0.1, -0.05) is 18.2 Å². The maximum absolute atomic E-state index is 13.7. The van der Waals surface area contributed by atoms with E-state index in [4.69, 9.17) is 16.3 Å². The molecule has 1 atom stereocenters. The second kappa shape index (κ2) is 5.53. The minimum atomic E-state index is -1.10. The van der Waals surface area contributed by atoms with Crippen LogP contribution in [0.25, 0.3) is 0 Å². The average Bonchev–Trinajstić information content (AvgIpc) is 2.37. The van der Waals surface area contributed by atoms with Gasteiger partial charge in [0, 0.05) is 23.3 Å². The van der Waals surface area contributed by atoms with E-state index in [2.05, 4.69) is 0 Å². The van der Waals surface area contributed by atoms with Gasteiger partial charge < -0.3 is 4.74 Å². The minimum Gasteiger partial charge on any atom is -0.496 e. The third-order valence-electron chi connectivity index (χ3n) is 2.71. The molecule has 1 nitrogen and oxygen atoms in total. The Morgan fingerprint density at radius 1 is 1.05 bits per heavy atom. The Bertz CT molecular complexity index is 578. The Balaban J connectivity index is 2.53. The zero-order chi connectivity index (χ0) is 14.0. The highest BCUT2D eigenvalue weighted by Gasteiger charge is 2.23. The number of hydrogen-bond donors (Lipinski definition) is 0. The van der Waals surface area contributed by atoms with Gasteiger partial charge in [0.15, 0.2) is 0 Å². The van der Waals surface area contributed by atoms with Crippen molar-refractivity contribution in [3.63, 3.8) is 0 Å². The third-order valence-corrected chi connectivity index (χ3v) is 3.16. The molecule has 0 aromatic heterocycles. The maximum Gasteiger partial charge on any atom is 0.134 e. The standard InChI is InChI=1S/C14H10ClF3O/c1-19-12-5-3-2-4-9(12)14(15)13-10(17)6-8(16)7-11(13)18/h2-7,14H,1H3. The fourth-order valence-corrected chi connectivity index (χ4v) is 2.22. The van der Waals surface area contributed by atoms with Crippen molar-refractivity contribution in [1.29, 1.82) is 0 Å². The lowest BCUT2D eigenvalue weighted by atomic mass is 10.0. The Kier molecular flexibility index (Phi) is 4.00. The van der Waals surface area contributed by atoms with Gasteiger partial charge in [-0.05, 0) is 6.07 Å². The van der Waals surface area contributed by atoms with Gasteiger partial charge in [0.2, 0.25) is 0 Å². The van der Waals surface area contributed by atoms with Crippen LogP contribution in [0.5, 0.6) is 5.75 Å². The predicted octanol–water partition coefficient (Wildman–Crippen LogP) is 4.44. The number of benzene rings is 2. The van der Waals surface area contributed by atoms with Gasteiger partial charge in [-0.2, -0.15) is 0 Å². The Morgan fingerprint density at radius 2 is 1.63 bits per heavy atom. The first kappa shape index (κ1) is 13.7. The molecule has 0 spiro atoms. The first-order valence-corrected chi connectivity index (χ1v) is 5.89. The van der Waals surface area contributed by atoms with Crippen molar-refractivity contribution in [2.45, 2.75) is 5.38 Å². The van der Waals surface area contributed by atoms with Crippen LogP contribution in [0.4, 0.5) is 13.2 Å². The number of alkyl halides is 1. The fraction of sp³-hybridized carbons (Fsp3) is 0.143. The average molecular weight is 287 g/mol. The zero-order valence-electron chi connectivity index (χ0n) is 9.96. The highest BCUT2D eigenvalue weighted by atomic mass is 35.5. The van der Waals surface area contributed by atoms with E-state index in [1.165, 1.54) is 7.11 Å². The van der Waals surface area contributed by atoms with Crippen molar-refractivity contribution in [2.24, 2.45) is 0 Å². The molecule has 19 heavy (non-hydrogen) atoms. The van der Waals surface area contributed by atoms with Crippen molar-refractivity contribution in [2.75, 3.05) is 7.11 Å². The molecule has 0 fully saturated rings. The number of halogens is 4. The van der Waals surface area contributed by atoms with Gasteiger partial charge in [0.1, 0.15) is 23.2 Å². The molecule has 0 saturated carbocycles. The van der Waals surface area contributed by atoms with Crippen LogP contribution in [0.15, 0.2) is 36.4 Å². The smallest absolute Gasteiger partial charge is 0.134 e. The molecule has 0 aliphatic heterocycles. The molecular formula is C14H10ClF3O. The summed E-state index contributed by atoms with van der Waals surface area (Å²) in [5.74, 6) is -2.62. The zero-order valence-corrected chi connectivity index (χ0v) is 10.7. The number of ether oxygens (including phenoxy) is 1. The van der Waals surface area contributed by atoms with Crippen LogP contribution in [0.3, 0.4) is 0 Å². The van der Waals surface area contributed by atoms with Crippen LogP contribution >= 0.6 is 11.6 Å². The van der Waals surface area contributed by atoms with E-state index in [1.54, 1.807) is 24.3 Å². The highest BCUT2D eigenvalue weighted by molar-refractivity contribution is 6.22. The maximum atomic E-state index is 13.7. The third kappa shape index (κ3) is 2.68. The van der Waals surface area contributed by atoms with Gasteiger partial charge in [0.05, 0.1) is 12.5 Å². The Labute approximate surface area is 113 Å². The molecule has 0 aliphatic rings. The van der Waals surface area contributed by atoms with Crippen LogP contribution in [-0.4, -0.2) is 7.11 Å². The number of methoxy groups -OCH3 is 1. The fourth-order valence-electron chi connectivity index (χ4n) is 1.83. The summed E-state index contributed by atoms with van der Waals surface area (Å²) in [6, 6.07) is 7.81. The van der Waals surface area contributed by atoms with Gasteiger partial charge >= 0.3 is 0 Å². The van der Waals surface area contributed by atoms with Crippen LogP contribution in [0.2, 0.25) is 0 Å². The number of para-hydroxylation sites is 1. The van der Waals surface area contributed by atoms with Crippen molar-refractivity contribution in [1.82, 2.24) is 0 Å². The van der Waals surface area contributed by atoms with E-state index in [1.807, 2.05) is 0 Å². The van der Waals surface area contributed by atoms with Crippen molar-refractivity contribution in [3.05, 3.63) is 65.0 Å². The van der Waals surface area contributed by atoms with Crippen LogP contribution < -0.4 is 4.74 Å². The summed E-state index contributed by atoms with van der Waals surface area (Å²) in [5, 5.41) is -1.10. The van der Waals surface area contributed by atoms with Crippen molar-refractivity contribution < 1.29 is 17.9 Å². The van der Waals surface area contributed by atoms with Gasteiger partial charge in [-0.15, -0.1) is 11.6 Å². The number of rotatable bonds is 3. The molecule has 1 unspecified atom stereocenters. The molecule has 2 aromatic rings. The molecule has 0 heterocycles.